The zero-order valence-electron chi connectivity index (χ0n) is 11.5. The Morgan fingerprint density at radius 2 is 2.14 bits per heavy atom. The number of imide groups is 1. The fourth-order valence-corrected chi connectivity index (χ4v) is 2.01. The molecule has 1 saturated heterocycles. The number of rotatable bonds is 4. The number of methoxy groups -OCH3 is 1. The van der Waals surface area contributed by atoms with Crippen LogP contribution in [0.2, 0.25) is 0 Å². The third-order valence-corrected chi connectivity index (χ3v) is 2.99. The Bertz CT molecular complexity index is 651. The van der Waals surface area contributed by atoms with Crippen molar-refractivity contribution in [3.8, 4) is 5.75 Å². The maximum atomic E-state index is 12.0. The fraction of sp³-hybridized carbons (Fsp3) is 0.214. The molecule has 2 rings (SSSR count). The number of nitrogens with zero attached hydrogens (tertiary/aromatic N) is 1. The summed E-state index contributed by atoms with van der Waals surface area (Å²) in [6.45, 7) is 1.19. The van der Waals surface area contributed by atoms with E-state index in [0.29, 0.717) is 16.2 Å². The summed E-state index contributed by atoms with van der Waals surface area (Å²) in [6.07, 6.45) is 1.49. The fourth-order valence-electron chi connectivity index (χ4n) is 2.01. The molecule has 7 heteroatoms. The van der Waals surface area contributed by atoms with Crippen molar-refractivity contribution in [2.75, 3.05) is 13.7 Å². The van der Waals surface area contributed by atoms with Crippen molar-refractivity contribution in [3.05, 3.63) is 35.0 Å². The molecule has 0 bridgehead atoms. The lowest BCUT2D eigenvalue weighted by atomic mass is 10.1. The lowest BCUT2D eigenvalue weighted by Crippen LogP contribution is -2.35. The highest BCUT2D eigenvalue weighted by atomic mass is 16.5. The number of carboxylic acid groups (broad SMARTS) is 1. The molecule has 1 aromatic carbocycles. The topological polar surface area (TPSA) is 95.9 Å². The van der Waals surface area contributed by atoms with E-state index in [1.165, 1.54) is 6.08 Å². The van der Waals surface area contributed by atoms with E-state index in [0.717, 1.165) is 5.56 Å². The van der Waals surface area contributed by atoms with Crippen molar-refractivity contribution >= 4 is 24.0 Å². The van der Waals surface area contributed by atoms with E-state index in [9.17, 15) is 14.4 Å². The molecule has 1 heterocycles. The smallest absolute Gasteiger partial charge is 0.329 e. The monoisotopic (exact) mass is 290 g/mol. The van der Waals surface area contributed by atoms with Crippen LogP contribution in [0.1, 0.15) is 11.1 Å². The molecule has 2 N–H and O–H groups in total. The largest absolute Gasteiger partial charge is 0.496 e. The van der Waals surface area contributed by atoms with Crippen molar-refractivity contribution in [2.24, 2.45) is 0 Å². The van der Waals surface area contributed by atoms with Crippen LogP contribution in [-0.4, -0.2) is 41.6 Å². The van der Waals surface area contributed by atoms with Gasteiger partial charge in [-0.15, -0.1) is 0 Å². The molecule has 3 amide bonds. The number of amides is 3. The minimum atomic E-state index is -1.25. The zero-order valence-corrected chi connectivity index (χ0v) is 11.5. The zero-order chi connectivity index (χ0) is 15.6. The average molecular weight is 290 g/mol. The maximum absolute atomic E-state index is 12.0. The first-order chi connectivity index (χ1) is 9.92. The van der Waals surface area contributed by atoms with Crippen LogP contribution in [0.15, 0.2) is 23.9 Å². The van der Waals surface area contributed by atoms with E-state index < -0.39 is 24.5 Å². The summed E-state index contributed by atoms with van der Waals surface area (Å²) >= 11 is 0. The molecule has 1 aliphatic heterocycles. The van der Waals surface area contributed by atoms with Crippen molar-refractivity contribution < 1.29 is 24.2 Å². The van der Waals surface area contributed by atoms with Crippen LogP contribution in [0.25, 0.3) is 6.08 Å². The third kappa shape index (κ3) is 3.02. The number of nitrogens with one attached hydrogen (secondary N) is 1. The Morgan fingerprint density at radius 3 is 2.71 bits per heavy atom. The summed E-state index contributed by atoms with van der Waals surface area (Å²) in [4.78, 5) is 34.8. The van der Waals surface area contributed by atoms with Gasteiger partial charge in [0, 0.05) is 0 Å². The summed E-state index contributed by atoms with van der Waals surface area (Å²) in [5.74, 6) is -1.19. The number of hydrogen-bond acceptors (Lipinski definition) is 4. The molecule has 21 heavy (non-hydrogen) atoms. The number of benzene rings is 1. The van der Waals surface area contributed by atoms with Crippen molar-refractivity contribution in [3.63, 3.8) is 0 Å². The molecular weight excluding hydrogens is 276 g/mol. The first kappa shape index (κ1) is 14.6. The Balaban J connectivity index is 2.26. The molecule has 0 unspecified atom stereocenters. The van der Waals surface area contributed by atoms with Crippen LogP contribution in [0, 0.1) is 6.92 Å². The quantitative estimate of drug-likeness (QED) is 0.636. The molecule has 1 aliphatic rings. The van der Waals surface area contributed by atoms with Crippen LogP contribution in [0.5, 0.6) is 5.75 Å². The van der Waals surface area contributed by atoms with Gasteiger partial charge < -0.3 is 15.2 Å². The maximum Gasteiger partial charge on any atom is 0.329 e. The molecule has 1 fully saturated rings. The number of aryl methyl sites for hydroxylation is 1. The Labute approximate surface area is 120 Å². The summed E-state index contributed by atoms with van der Waals surface area (Å²) in [6, 6.07) is 4.54. The first-order valence-electron chi connectivity index (χ1n) is 6.13. The van der Waals surface area contributed by atoms with Crippen molar-refractivity contribution in [1.82, 2.24) is 10.2 Å². The number of aliphatic carboxylic acids is 1. The van der Waals surface area contributed by atoms with Crippen LogP contribution in [0.3, 0.4) is 0 Å². The predicted molar refractivity (Wildman–Crippen MR) is 73.6 cm³/mol. The van der Waals surface area contributed by atoms with Gasteiger partial charge in [-0.05, 0) is 36.3 Å². The highest BCUT2D eigenvalue weighted by Gasteiger charge is 2.34. The molecule has 0 atom stereocenters. The van der Waals surface area contributed by atoms with E-state index in [-0.39, 0.29) is 5.70 Å². The van der Waals surface area contributed by atoms with E-state index in [1.807, 2.05) is 6.92 Å². The SMILES string of the molecule is COc1ccc(C=C2NC(=O)N(CC(=O)O)C2=O)cc1C. The number of ether oxygens (including phenoxy) is 1. The number of hydrogen-bond donors (Lipinski definition) is 2. The average Bonchev–Trinajstić information content (AvgIpc) is 2.66. The Kier molecular flexibility index (Phi) is 3.93. The van der Waals surface area contributed by atoms with Gasteiger partial charge >= 0.3 is 12.0 Å². The summed E-state index contributed by atoms with van der Waals surface area (Å²) in [7, 11) is 1.56. The van der Waals surface area contributed by atoms with Crippen LogP contribution in [-0.2, 0) is 9.59 Å². The van der Waals surface area contributed by atoms with Gasteiger partial charge in [-0.3, -0.25) is 9.59 Å². The molecule has 0 saturated carbocycles. The molecule has 7 nitrogen and oxygen atoms in total. The number of urea groups is 1. The highest BCUT2D eigenvalue weighted by molar-refractivity contribution is 6.15. The van der Waals surface area contributed by atoms with Gasteiger partial charge in [0.15, 0.2) is 0 Å². The minimum Gasteiger partial charge on any atom is -0.496 e. The van der Waals surface area contributed by atoms with Gasteiger partial charge in [-0.1, -0.05) is 6.07 Å². The number of carbonyl (C=O) groups excluding carboxylic acids is 2. The van der Waals surface area contributed by atoms with Gasteiger partial charge in [-0.2, -0.15) is 0 Å². The van der Waals surface area contributed by atoms with Crippen LogP contribution >= 0.6 is 0 Å². The van der Waals surface area contributed by atoms with E-state index >= 15 is 0 Å². The third-order valence-electron chi connectivity index (χ3n) is 2.99. The molecule has 0 radical (unpaired) electrons. The second kappa shape index (κ2) is 5.66. The second-order valence-electron chi connectivity index (χ2n) is 4.50. The normalized spacial score (nSPS) is 16.3. The van der Waals surface area contributed by atoms with Gasteiger partial charge in [0.05, 0.1) is 7.11 Å². The highest BCUT2D eigenvalue weighted by Crippen LogP contribution is 2.21. The van der Waals surface area contributed by atoms with E-state index in [1.54, 1.807) is 25.3 Å². The summed E-state index contributed by atoms with van der Waals surface area (Å²) in [5.41, 5.74) is 1.63. The standard InChI is InChI=1S/C14H14N2O5/c1-8-5-9(3-4-11(8)21-2)6-10-13(19)16(7-12(17)18)14(20)15-10/h3-6H,7H2,1-2H3,(H,15,20)(H,17,18). The van der Waals surface area contributed by atoms with Gasteiger partial charge in [0.2, 0.25) is 0 Å². The van der Waals surface area contributed by atoms with Crippen molar-refractivity contribution in [1.29, 1.82) is 0 Å². The van der Waals surface area contributed by atoms with Crippen LogP contribution < -0.4 is 10.1 Å². The lowest BCUT2D eigenvalue weighted by molar-refractivity contribution is -0.140. The van der Waals surface area contributed by atoms with Gasteiger partial charge in [-0.25, -0.2) is 9.69 Å². The van der Waals surface area contributed by atoms with Gasteiger partial charge in [0.25, 0.3) is 5.91 Å². The molecule has 110 valence electrons. The van der Waals surface area contributed by atoms with Gasteiger partial charge in [0.1, 0.15) is 18.0 Å². The Hall–Kier alpha value is -2.83. The van der Waals surface area contributed by atoms with Crippen molar-refractivity contribution in [2.45, 2.75) is 6.92 Å². The molecule has 1 aromatic rings. The Morgan fingerprint density at radius 1 is 1.43 bits per heavy atom. The van der Waals surface area contributed by atoms with E-state index in [2.05, 4.69) is 5.32 Å². The number of carboxylic acids is 1. The molecule has 0 aromatic heterocycles. The lowest BCUT2D eigenvalue weighted by Gasteiger charge is -2.07. The number of carbonyl (C=O) groups is 3. The molecule has 0 spiro atoms. The van der Waals surface area contributed by atoms with E-state index in [4.69, 9.17) is 9.84 Å². The molecule has 0 aliphatic carbocycles. The second-order valence-corrected chi connectivity index (χ2v) is 4.50. The summed E-state index contributed by atoms with van der Waals surface area (Å²) < 4.78 is 5.14. The first-order valence-corrected chi connectivity index (χ1v) is 6.13. The summed E-state index contributed by atoms with van der Waals surface area (Å²) in [5, 5.41) is 11.0. The minimum absolute atomic E-state index is 0.0471. The predicted octanol–water partition coefficient (Wildman–Crippen LogP) is 0.981. The molecular formula is C14H14N2O5. The van der Waals surface area contributed by atoms with Crippen LogP contribution in [0.4, 0.5) is 4.79 Å².